The number of halogens is 1. The largest absolute Gasteiger partial charge is 0.416 e. The maximum absolute atomic E-state index is 5.38. The maximum Gasteiger partial charge on any atom is 0.276 e. The molecule has 0 bridgehead atoms. The normalized spacial score (nSPS) is 9.86. The fourth-order valence-electron chi connectivity index (χ4n) is 1.02. The van der Waals surface area contributed by atoms with E-state index in [4.69, 9.17) is 10.2 Å². The van der Waals surface area contributed by atoms with E-state index < -0.39 is 0 Å². The highest BCUT2D eigenvalue weighted by atomic mass is 35.5. The molecule has 1 aromatic rings. The third-order valence-corrected chi connectivity index (χ3v) is 2.23. The maximum atomic E-state index is 5.38. The number of unbranched alkanes of at least 4 members (excludes halogenated alkanes) is 2. The summed E-state index contributed by atoms with van der Waals surface area (Å²) in [5.74, 6) is 0.737. The molecule has 0 unspecified atom stereocenters. The molecule has 2 N–H and O–H groups in total. The summed E-state index contributed by atoms with van der Waals surface area (Å²) in [6, 6.07) is 0. The molecule has 0 aliphatic rings. The second kappa shape index (κ2) is 8.08. The standard InChI is InChI=1S/C8H15N3OS.ClH/c1-13-8-11-10-7(12-8)5-3-2-4-6-9;/h2-6,9H2,1H3;1H. The summed E-state index contributed by atoms with van der Waals surface area (Å²) in [7, 11) is 0. The summed E-state index contributed by atoms with van der Waals surface area (Å²) >= 11 is 1.47. The van der Waals surface area contributed by atoms with Gasteiger partial charge in [-0.05, 0) is 25.6 Å². The molecule has 82 valence electrons. The van der Waals surface area contributed by atoms with Crippen molar-refractivity contribution in [1.29, 1.82) is 0 Å². The van der Waals surface area contributed by atoms with Crippen LogP contribution in [0.2, 0.25) is 0 Å². The molecule has 0 aromatic carbocycles. The van der Waals surface area contributed by atoms with Gasteiger partial charge in [-0.3, -0.25) is 0 Å². The quantitative estimate of drug-likeness (QED) is 0.605. The van der Waals surface area contributed by atoms with Crippen LogP contribution in [0.15, 0.2) is 9.64 Å². The highest BCUT2D eigenvalue weighted by molar-refractivity contribution is 7.98. The van der Waals surface area contributed by atoms with Gasteiger partial charge in [0.05, 0.1) is 0 Å². The predicted molar refractivity (Wildman–Crippen MR) is 59.9 cm³/mol. The van der Waals surface area contributed by atoms with E-state index in [1.165, 1.54) is 11.8 Å². The second-order valence-electron chi connectivity index (χ2n) is 2.77. The van der Waals surface area contributed by atoms with Gasteiger partial charge >= 0.3 is 0 Å². The number of aromatic nitrogens is 2. The number of hydrogen-bond donors (Lipinski definition) is 1. The molecule has 0 saturated heterocycles. The minimum Gasteiger partial charge on any atom is -0.416 e. The van der Waals surface area contributed by atoms with E-state index in [0.717, 1.165) is 38.1 Å². The first-order chi connectivity index (χ1) is 6.36. The summed E-state index contributed by atoms with van der Waals surface area (Å²) in [5.41, 5.74) is 5.38. The van der Waals surface area contributed by atoms with Gasteiger partial charge in [-0.2, -0.15) is 0 Å². The van der Waals surface area contributed by atoms with Crippen molar-refractivity contribution >= 4 is 24.2 Å². The molecule has 14 heavy (non-hydrogen) atoms. The molecule has 1 rings (SSSR count). The van der Waals surface area contributed by atoms with Gasteiger partial charge in [0.25, 0.3) is 5.22 Å². The van der Waals surface area contributed by atoms with Crippen LogP contribution in [0.25, 0.3) is 0 Å². The Hall–Kier alpha value is -0.260. The Morgan fingerprint density at radius 2 is 2.07 bits per heavy atom. The Balaban J connectivity index is 0.00000169. The van der Waals surface area contributed by atoms with Crippen molar-refractivity contribution < 1.29 is 4.42 Å². The fraction of sp³-hybridized carbons (Fsp3) is 0.750. The number of thioether (sulfide) groups is 1. The van der Waals surface area contributed by atoms with Gasteiger partial charge in [0.2, 0.25) is 5.89 Å². The summed E-state index contributed by atoms with van der Waals surface area (Å²) in [5, 5.41) is 8.42. The first-order valence-corrected chi connectivity index (χ1v) is 5.65. The molecule has 0 aliphatic heterocycles. The highest BCUT2D eigenvalue weighted by Gasteiger charge is 2.03. The van der Waals surface area contributed by atoms with Gasteiger partial charge in [0.15, 0.2) is 0 Å². The average Bonchev–Trinajstić information content (AvgIpc) is 2.60. The highest BCUT2D eigenvalue weighted by Crippen LogP contribution is 2.13. The summed E-state index contributed by atoms with van der Waals surface area (Å²) in [4.78, 5) is 0. The van der Waals surface area contributed by atoms with E-state index >= 15 is 0 Å². The number of nitrogens with zero attached hydrogens (tertiary/aromatic N) is 2. The molecule has 0 radical (unpaired) electrons. The number of nitrogens with two attached hydrogens (primary N) is 1. The molecule has 0 aliphatic carbocycles. The summed E-state index contributed by atoms with van der Waals surface area (Å²) in [6.45, 7) is 0.764. The lowest BCUT2D eigenvalue weighted by atomic mass is 10.2. The molecule has 6 heteroatoms. The number of rotatable bonds is 6. The third kappa shape index (κ3) is 4.83. The molecular weight excluding hydrogens is 222 g/mol. The van der Waals surface area contributed by atoms with Gasteiger partial charge in [-0.15, -0.1) is 22.6 Å². The van der Waals surface area contributed by atoms with E-state index in [0.29, 0.717) is 5.22 Å². The van der Waals surface area contributed by atoms with E-state index in [1.54, 1.807) is 0 Å². The van der Waals surface area contributed by atoms with Gasteiger partial charge in [0, 0.05) is 6.42 Å². The SMILES string of the molecule is CSc1nnc(CCCCCN)o1.Cl. The summed E-state index contributed by atoms with van der Waals surface area (Å²) in [6.07, 6.45) is 6.07. The zero-order valence-corrected chi connectivity index (χ0v) is 9.87. The molecule has 0 atom stereocenters. The second-order valence-corrected chi connectivity index (χ2v) is 3.52. The van der Waals surface area contributed by atoms with Gasteiger partial charge in [-0.25, -0.2) is 0 Å². The topological polar surface area (TPSA) is 64.9 Å². The lowest BCUT2D eigenvalue weighted by molar-refractivity contribution is 0.407. The van der Waals surface area contributed by atoms with Crippen LogP contribution in [0.1, 0.15) is 25.2 Å². The van der Waals surface area contributed by atoms with Gasteiger partial charge < -0.3 is 10.2 Å². The van der Waals surface area contributed by atoms with Gasteiger partial charge in [0.1, 0.15) is 0 Å². The van der Waals surface area contributed by atoms with Crippen molar-refractivity contribution in [3.05, 3.63) is 5.89 Å². The van der Waals surface area contributed by atoms with Crippen molar-refractivity contribution in [2.75, 3.05) is 12.8 Å². The Labute approximate surface area is 94.4 Å². The Morgan fingerprint density at radius 3 is 2.64 bits per heavy atom. The molecule has 0 amide bonds. The van der Waals surface area contributed by atoms with Crippen molar-refractivity contribution in [2.24, 2.45) is 5.73 Å². The molecule has 1 aromatic heterocycles. The average molecular weight is 238 g/mol. The van der Waals surface area contributed by atoms with Crippen LogP contribution in [0.5, 0.6) is 0 Å². The third-order valence-electron chi connectivity index (χ3n) is 1.72. The Morgan fingerprint density at radius 1 is 1.29 bits per heavy atom. The van der Waals surface area contributed by atoms with Crippen LogP contribution in [0.4, 0.5) is 0 Å². The van der Waals surface area contributed by atoms with Crippen LogP contribution in [-0.4, -0.2) is 23.0 Å². The molecule has 0 fully saturated rings. The van der Waals surface area contributed by atoms with Crippen molar-refractivity contribution in [3.8, 4) is 0 Å². The Bertz CT molecular complexity index is 244. The van der Waals surface area contributed by atoms with E-state index in [1.807, 2.05) is 6.26 Å². The van der Waals surface area contributed by atoms with Crippen molar-refractivity contribution in [2.45, 2.75) is 30.9 Å². The number of hydrogen-bond acceptors (Lipinski definition) is 5. The monoisotopic (exact) mass is 237 g/mol. The molecule has 4 nitrogen and oxygen atoms in total. The minimum atomic E-state index is 0. The van der Waals surface area contributed by atoms with Crippen LogP contribution in [-0.2, 0) is 6.42 Å². The van der Waals surface area contributed by atoms with Gasteiger partial charge in [-0.1, -0.05) is 18.2 Å². The zero-order valence-electron chi connectivity index (χ0n) is 8.23. The van der Waals surface area contributed by atoms with Crippen LogP contribution in [0.3, 0.4) is 0 Å². The van der Waals surface area contributed by atoms with Crippen molar-refractivity contribution in [3.63, 3.8) is 0 Å². The minimum absolute atomic E-state index is 0. The first-order valence-electron chi connectivity index (χ1n) is 4.43. The number of aryl methyl sites for hydroxylation is 1. The molecule has 0 spiro atoms. The zero-order chi connectivity index (χ0) is 9.52. The smallest absolute Gasteiger partial charge is 0.276 e. The van der Waals surface area contributed by atoms with Crippen molar-refractivity contribution in [1.82, 2.24) is 10.2 Å². The Kier molecular flexibility index (Phi) is 7.93. The lowest BCUT2D eigenvalue weighted by Gasteiger charge is -1.94. The van der Waals surface area contributed by atoms with E-state index in [-0.39, 0.29) is 12.4 Å². The molecule has 1 heterocycles. The first kappa shape index (κ1) is 13.7. The lowest BCUT2D eigenvalue weighted by Crippen LogP contribution is -1.98. The summed E-state index contributed by atoms with van der Waals surface area (Å²) < 4.78 is 5.32. The van der Waals surface area contributed by atoms with E-state index in [2.05, 4.69) is 10.2 Å². The van der Waals surface area contributed by atoms with Crippen LogP contribution >= 0.6 is 24.2 Å². The molecule has 0 saturated carbocycles. The van der Waals surface area contributed by atoms with Crippen LogP contribution < -0.4 is 5.73 Å². The fourth-order valence-corrected chi connectivity index (χ4v) is 1.32. The molecular formula is C8H16ClN3OS. The van der Waals surface area contributed by atoms with Crippen LogP contribution in [0, 0.1) is 0 Å². The predicted octanol–water partition coefficient (Wildman–Crippen LogP) is 1.88. The van der Waals surface area contributed by atoms with E-state index in [9.17, 15) is 0 Å².